The summed E-state index contributed by atoms with van der Waals surface area (Å²) in [6.07, 6.45) is 3.90. The van der Waals surface area contributed by atoms with Gasteiger partial charge in [-0.3, -0.25) is 14.8 Å². The van der Waals surface area contributed by atoms with Crippen molar-refractivity contribution in [3.8, 4) is 0 Å². The third kappa shape index (κ3) is 4.05. The number of anilines is 1. The molecule has 4 aromatic rings. The average Bonchev–Trinajstić information content (AvgIpc) is 3.22. The van der Waals surface area contributed by atoms with E-state index in [1.807, 2.05) is 30.3 Å². The van der Waals surface area contributed by atoms with Crippen molar-refractivity contribution in [1.29, 1.82) is 0 Å². The van der Waals surface area contributed by atoms with Crippen molar-refractivity contribution < 1.29 is 17.8 Å². The van der Waals surface area contributed by atoms with E-state index in [0.29, 0.717) is 17.0 Å². The normalized spacial score (nSPS) is 16.4. The van der Waals surface area contributed by atoms with Crippen LogP contribution in [0.1, 0.15) is 44.9 Å². The molecule has 0 unspecified atom stereocenters. The molecular formula is C27H28N2O5S. The zero-order valence-corrected chi connectivity index (χ0v) is 20.8. The molecule has 1 heterocycles. The number of nitro benzene ring substituents is 1. The smallest absolute Gasteiger partial charge is 0.270 e. The second-order valence-electron chi connectivity index (χ2n) is 9.99. The number of hydrogen-bond acceptors (Lipinski definition) is 5. The van der Waals surface area contributed by atoms with Crippen LogP contribution in [0, 0.1) is 21.4 Å². The number of aryl methyl sites for hydroxylation is 1. The number of sulfonamides is 1. The van der Waals surface area contributed by atoms with Crippen LogP contribution in [0.25, 0.3) is 21.7 Å². The Bertz CT molecular complexity index is 1570. The van der Waals surface area contributed by atoms with Gasteiger partial charge in [-0.05, 0) is 36.3 Å². The molecule has 0 spiro atoms. The van der Waals surface area contributed by atoms with Gasteiger partial charge in [0.05, 0.1) is 15.5 Å². The molecule has 1 aliphatic rings. The Balaban J connectivity index is 1.64. The maximum absolute atomic E-state index is 13.2. The molecule has 0 aliphatic heterocycles. The Kier molecular flexibility index (Phi) is 5.59. The van der Waals surface area contributed by atoms with Gasteiger partial charge in [-0.25, -0.2) is 8.42 Å². The van der Waals surface area contributed by atoms with Crippen LogP contribution in [0.3, 0.4) is 0 Å². The van der Waals surface area contributed by atoms with Gasteiger partial charge in [0.15, 0.2) is 0 Å². The van der Waals surface area contributed by atoms with Crippen LogP contribution in [0.5, 0.6) is 0 Å². The van der Waals surface area contributed by atoms with E-state index >= 15 is 0 Å². The van der Waals surface area contributed by atoms with Crippen LogP contribution in [-0.2, 0) is 22.9 Å². The number of nitrogens with one attached hydrogen (secondary N) is 1. The summed E-state index contributed by atoms with van der Waals surface area (Å²) in [5.41, 5.74) is 2.28. The Labute approximate surface area is 204 Å². The molecule has 1 N–H and O–H groups in total. The summed E-state index contributed by atoms with van der Waals surface area (Å²) in [6, 6.07) is 14.5. The number of hydrogen-bond donors (Lipinski definition) is 1. The molecule has 0 radical (unpaired) electrons. The summed E-state index contributed by atoms with van der Waals surface area (Å²) < 4.78 is 35.5. The predicted molar refractivity (Wildman–Crippen MR) is 137 cm³/mol. The predicted octanol–water partition coefficient (Wildman–Crippen LogP) is 6.84. The molecular weight excluding hydrogens is 464 g/mol. The third-order valence-corrected chi connectivity index (χ3v) is 9.02. The Morgan fingerprint density at radius 1 is 1.09 bits per heavy atom. The number of non-ortho nitro benzene ring substituents is 1. The number of nitrogens with zero attached hydrogens (tertiary/aromatic N) is 1. The number of nitro groups is 1. The average molecular weight is 493 g/mol. The topological polar surface area (TPSA) is 102 Å². The van der Waals surface area contributed by atoms with Crippen LogP contribution in [-0.4, -0.2) is 13.3 Å². The van der Waals surface area contributed by atoms with Crippen LogP contribution in [0.15, 0.2) is 63.9 Å². The van der Waals surface area contributed by atoms with E-state index in [2.05, 4.69) is 25.5 Å². The van der Waals surface area contributed by atoms with Gasteiger partial charge in [0.25, 0.3) is 15.7 Å². The van der Waals surface area contributed by atoms with Crippen molar-refractivity contribution in [2.75, 3.05) is 4.72 Å². The fourth-order valence-corrected chi connectivity index (χ4v) is 6.22. The maximum atomic E-state index is 13.2. The number of furan rings is 1. The largest absolute Gasteiger partial charge is 0.460 e. The Hall–Kier alpha value is -3.39. The van der Waals surface area contributed by atoms with E-state index in [-0.39, 0.29) is 16.0 Å². The molecule has 0 saturated heterocycles. The number of fused-ring (bicyclic) bond motifs is 5. The van der Waals surface area contributed by atoms with Crippen LogP contribution in [0.2, 0.25) is 0 Å². The highest BCUT2D eigenvalue weighted by molar-refractivity contribution is 7.92. The summed E-state index contributed by atoms with van der Waals surface area (Å²) in [5.74, 6) is 1.49. The summed E-state index contributed by atoms with van der Waals surface area (Å²) in [4.78, 5) is 10.4. The van der Waals surface area contributed by atoms with E-state index in [1.54, 1.807) is 0 Å². The molecule has 5 rings (SSSR count). The van der Waals surface area contributed by atoms with Gasteiger partial charge in [-0.2, -0.15) is 0 Å². The minimum atomic E-state index is -4.06. The van der Waals surface area contributed by atoms with Gasteiger partial charge in [0, 0.05) is 40.3 Å². The van der Waals surface area contributed by atoms with Gasteiger partial charge in [-0.1, -0.05) is 57.5 Å². The lowest BCUT2D eigenvalue weighted by Crippen LogP contribution is -2.28. The Morgan fingerprint density at radius 2 is 1.83 bits per heavy atom. The van der Waals surface area contributed by atoms with E-state index < -0.39 is 14.9 Å². The third-order valence-electron chi connectivity index (χ3n) is 7.65. The molecule has 1 aromatic heterocycles. The van der Waals surface area contributed by atoms with Crippen molar-refractivity contribution in [2.24, 2.45) is 11.3 Å². The minimum Gasteiger partial charge on any atom is -0.460 e. The zero-order chi connectivity index (χ0) is 25.0. The first-order chi connectivity index (χ1) is 16.6. The van der Waals surface area contributed by atoms with Crippen molar-refractivity contribution in [3.63, 3.8) is 0 Å². The van der Waals surface area contributed by atoms with Crippen LogP contribution < -0.4 is 4.72 Å². The van der Waals surface area contributed by atoms with Crippen LogP contribution >= 0.6 is 0 Å². The molecule has 8 heteroatoms. The van der Waals surface area contributed by atoms with Crippen molar-refractivity contribution in [2.45, 2.75) is 51.3 Å². The molecule has 3 aromatic carbocycles. The fourth-order valence-electron chi connectivity index (χ4n) is 5.11. The molecule has 0 amide bonds. The minimum absolute atomic E-state index is 0.158. The lowest BCUT2D eigenvalue weighted by molar-refractivity contribution is -0.385. The van der Waals surface area contributed by atoms with E-state index in [4.69, 9.17) is 4.42 Å². The van der Waals surface area contributed by atoms with E-state index in [1.165, 1.54) is 18.2 Å². The van der Waals surface area contributed by atoms with Crippen LogP contribution in [0.4, 0.5) is 11.4 Å². The van der Waals surface area contributed by atoms with E-state index in [9.17, 15) is 18.5 Å². The highest BCUT2D eigenvalue weighted by Crippen LogP contribution is 2.45. The second-order valence-corrected chi connectivity index (χ2v) is 11.7. The van der Waals surface area contributed by atoms with Crippen molar-refractivity contribution >= 4 is 43.1 Å². The maximum Gasteiger partial charge on any atom is 0.270 e. The first kappa shape index (κ1) is 23.4. The number of rotatable bonds is 6. The van der Waals surface area contributed by atoms with Crippen molar-refractivity contribution in [3.05, 3.63) is 76.0 Å². The van der Waals surface area contributed by atoms with E-state index in [0.717, 1.165) is 59.4 Å². The summed E-state index contributed by atoms with van der Waals surface area (Å²) in [6.45, 7) is 6.83. The molecule has 7 nitrogen and oxygen atoms in total. The molecule has 182 valence electrons. The molecule has 0 bridgehead atoms. The molecule has 0 saturated carbocycles. The quantitative estimate of drug-likeness (QED) is 0.235. The molecule has 1 atom stereocenters. The Morgan fingerprint density at radius 3 is 2.54 bits per heavy atom. The number of benzene rings is 3. The monoisotopic (exact) mass is 492 g/mol. The standard InChI is InChI=1S/C27H28N2O5S/c1-4-27(2,3)17-12-13-25-22(14-17)23-16-24(20-10-5-6-11-21(20)26(23)34-25)28-35(32,33)19-9-7-8-18(15-19)29(30)31/h5-11,15-17,28H,4,12-14H2,1-3H3/t17-/m1/s1. The summed E-state index contributed by atoms with van der Waals surface area (Å²) in [7, 11) is -4.06. The second kappa shape index (κ2) is 8.37. The first-order valence-corrected chi connectivity index (χ1v) is 13.3. The fraction of sp³-hybridized carbons (Fsp3) is 0.333. The van der Waals surface area contributed by atoms with Gasteiger partial charge in [0.2, 0.25) is 0 Å². The van der Waals surface area contributed by atoms with Gasteiger partial charge in [-0.15, -0.1) is 0 Å². The molecule has 35 heavy (non-hydrogen) atoms. The lowest BCUT2D eigenvalue weighted by atomic mass is 9.69. The lowest BCUT2D eigenvalue weighted by Gasteiger charge is -2.36. The van der Waals surface area contributed by atoms with Gasteiger partial charge < -0.3 is 4.42 Å². The first-order valence-electron chi connectivity index (χ1n) is 11.8. The van der Waals surface area contributed by atoms with Gasteiger partial charge in [0.1, 0.15) is 11.3 Å². The summed E-state index contributed by atoms with van der Waals surface area (Å²) >= 11 is 0. The van der Waals surface area contributed by atoms with Gasteiger partial charge >= 0.3 is 0 Å². The summed E-state index contributed by atoms with van der Waals surface area (Å²) in [5, 5.41) is 13.6. The highest BCUT2D eigenvalue weighted by Gasteiger charge is 2.34. The SMILES string of the molecule is CCC(C)(C)[C@@H]1CCc2oc3c(cc(NS(=O)(=O)c4cccc([N+](=O)[O-])c4)c4ccccc43)c2C1. The van der Waals surface area contributed by atoms with Crippen molar-refractivity contribution in [1.82, 2.24) is 0 Å². The highest BCUT2D eigenvalue weighted by atomic mass is 32.2. The molecule has 0 fully saturated rings. The molecule has 1 aliphatic carbocycles. The zero-order valence-electron chi connectivity index (χ0n) is 20.0.